The van der Waals surface area contributed by atoms with Gasteiger partial charge in [0.2, 0.25) is 0 Å². The molecule has 7 nitrogen and oxygen atoms in total. The van der Waals surface area contributed by atoms with Crippen LogP contribution in [0, 0.1) is 11.6 Å². The normalized spacial score (nSPS) is 27.0. The van der Waals surface area contributed by atoms with Gasteiger partial charge in [-0.05, 0) is 37.6 Å². The summed E-state index contributed by atoms with van der Waals surface area (Å²) in [6, 6.07) is 12.3. The fraction of sp³-hybridized carbons (Fsp3) is 0.519. The lowest BCUT2D eigenvalue weighted by Gasteiger charge is -2.43. The van der Waals surface area contributed by atoms with Gasteiger partial charge in [-0.2, -0.15) is 0 Å². The van der Waals surface area contributed by atoms with Crippen molar-refractivity contribution >= 4 is 5.91 Å². The molecular formula is C27H33F2NO6. The smallest absolute Gasteiger partial charge is 0.252 e. The van der Waals surface area contributed by atoms with Crippen molar-refractivity contribution in [1.82, 2.24) is 5.32 Å². The molecule has 2 aliphatic rings. The summed E-state index contributed by atoms with van der Waals surface area (Å²) in [4.78, 5) is 13.5. The minimum absolute atomic E-state index is 0.00366. The zero-order valence-corrected chi connectivity index (χ0v) is 20.8. The molecule has 196 valence electrons. The lowest BCUT2D eigenvalue weighted by molar-refractivity contribution is -0.183. The summed E-state index contributed by atoms with van der Waals surface area (Å²) in [5, 5.41) is 2.88. The molecule has 2 aromatic carbocycles. The summed E-state index contributed by atoms with van der Waals surface area (Å²) < 4.78 is 57.5. The van der Waals surface area contributed by atoms with Gasteiger partial charge >= 0.3 is 0 Å². The van der Waals surface area contributed by atoms with Gasteiger partial charge in [-0.25, -0.2) is 8.78 Å². The van der Waals surface area contributed by atoms with Gasteiger partial charge in [-0.15, -0.1) is 0 Å². The standard InChI is InChI=1S/C27H33F2NO6/c1-26(2)35-23-15-27(25(31)30-12-13-32-3,34-16-18-8-10-20(28)11-9-18)14-22(24(23)36-26)33-17-19-6-4-5-7-21(19)29/h4-11,22-24H,12-17H2,1-3H3,(H,30,31)/t22-,23-,24+,27-/m1/s1. The van der Waals surface area contributed by atoms with Crippen LogP contribution in [0.25, 0.3) is 0 Å². The van der Waals surface area contributed by atoms with Crippen molar-refractivity contribution in [3.8, 4) is 0 Å². The largest absolute Gasteiger partial charge is 0.383 e. The van der Waals surface area contributed by atoms with Crippen LogP contribution in [-0.2, 0) is 41.7 Å². The molecule has 1 amide bonds. The average molecular weight is 506 g/mol. The van der Waals surface area contributed by atoms with E-state index in [1.54, 1.807) is 51.3 Å². The lowest BCUT2D eigenvalue weighted by atomic mass is 9.78. The Hall–Kier alpha value is -2.43. The molecule has 1 aliphatic carbocycles. The fourth-order valence-electron chi connectivity index (χ4n) is 4.75. The highest BCUT2D eigenvalue weighted by Crippen LogP contribution is 2.44. The molecular weight excluding hydrogens is 472 g/mol. The summed E-state index contributed by atoms with van der Waals surface area (Å²) in [6.45, 7) is 4.33. The number of hydrogen-bond acceptors (Lipinski definition) is 6. The number of halogens is 2. The Morgan fingerprint density at radius 2 is 1.81 bits per heavy atom. The third-order valence-corrected chi connectivity index (χ3v) is 6.49. The monoisotopic (exact) mass is 505 g/mol. The van der Waals surface area contributed by atoms with E-state index in [4.69, 9.17) is 23.7 Å². The quantitative estimate of drug-likeness (QED) is 0.494. The summed E-state index contributed by atoms with van der Waals surface area (Å²) in [6.07, 6.45) is -1.14. The molecule has 1 saturated heterocycles. The van der Waals surface area contributed by atoms with Gasteiger partial charge < -0.3 is 29.0 Å². The van der Waals surface area contributed by atoms with E-state index in [1.165, 1.54) is 18.2 Å². The van der Waals surface area contributed by atoms with E-state index in [9.17, 15) is 13.6 Å². The predicted molar refractivity (Wildman–Crippen MR) is 127 cm³/mol. The number of amides is 1. The SMILES string of the molecule is COCCNC(=O)[C@@]1(OCc2ccc(F)cc2)C[C@@H](OCc2ccccc2F)[C@@H]2OC(C)(C)O[C@@H]2C1. The number of ether oxygens (including phenoxy) is 5. The molecule has 4 rings (SSSR count). The van der Waals surface area contributed by atoms with Crippen molar-refractivity contribution in [1.29, 1.82) is 0 Å². The molecule has 0 spiro atoms. The van der Waals surface area contributed by atoms with Crippen LogP contribution in [0.3, 0.4) is 0 Å². The maximum absolute atomic E-state index is 14.3. The Kier molecular flexibility index (Phi) is 8.37. The first-order valence-corrected chi connectivity index (χ1v) is 12.1. The zero-order chi connectivity index (χ0) is 25.8. The predicted octanol–water partition coefficient (Wildman–Crippen LogP) is 3.88. The second kappa shape index (κ2) is 11.3. The minimum atomic E-state index is -1.31. The zero-order valence-electron chi connectivity index (χ0n) is 20.8. The van der Waals surface area contributed by atoms with Crippen molar-refractivity contribution in [2.24, 2.45) is 0 Å². The second-order valence-electron chi connectivity index (χ2n) is 9.65. The van der Waals surface area contributed by atoms with E-state index in [0.717, 1.165) is 5.56 Å². The molecule has 4 atom stereocenters. The number of carbonyl (C=O) groups excluding carboxylic acids is 1. The molecule has 0 aromatic heterocycles. The number of fused-ring (bicyclic) bond motifs is 1. The summed E-state index contributed by atoms with van der Waals surface area (Å²) in [5.74, 6) is -1.93. The molecule has 2 aromatic rings. The van der Waals surface area contributed by atoms with Crippen LogP contribution in [0.1, 0.15) is 37.8 Å². The van der Waals surface area contributed by atoms with E-state index in [-0.39, 0.29) is 43.6 Å². The van der Waals surface area contributed by atoms with Crippen molar-refractivity contribution in [3.63, 3.8) is 0 Å². The first-order valence-electron chi connectivity index (χ1n) is 12.1. The van der Waals surface area contributed by atoms with E-state index in [0.29, 0.717) is 18.7 Å². The molecule has 0 unspecified atom stereocenters. The second-order valence-corrected chi connectivity index (χ2v) is 9.65. The van der Waals surface area contributed by atoms with Crippen LogP contribution in [0.4, 0.5) is 8.78 Å². The van der Waals surface area contributed by atoms with Crippen LogP contribution in [0.15, 0.2) is 48.5 Å². The molecule has 36 heavy (non-hydrogen) atoms. The lowest BCUT2D eigenvalue weighted by Crippen LogP contribution is -2.60. The number of benzene rings is 2. The van der Waals surface area contributed by atoms with E-state index < -0.39 is 29.7 Å². The topological polar surface area (TPSA) is 75.3 Å². The van der Waals surface area contributed by atoms with Crippen LogP contribution in [0.2, 0.25) is 0 Å². The van der Waals surface area contributed by atoms with Gasteiger partial charge in [0.25, 0.3) is 5.91 Å². The Balaban J connectivity index is 1.59. The molecule has 1 heterocycles. The van der Waals surface area contributed by atoms with Crippen molar-refractivity contribution in [2.45, 2.75) is 69.6 Å². The third-order valence-electron chi connectivity index (χ3n) is 6.49. The van der Waals surface area contributed by atoms with Gasteiger partial charge in [0.1, 0.15) is 17.7 Å². The number of rotatable bonds is 10. The van der Waals surface area contributed by atoms with Crippen molar-refractivity contribution in [2.75, 3.05) is 20.3 Å². The highest BCUT2D eigenvalue weighted by atomic mass is 19.1. The van der Waals surface area contributed by atoms with Gasteiger partial charge in [0.05, 0.1) is 32.0 Å². The molecule has 1 saturated carbocycles. The highest BCUT2D eigenvalue weighted by Gasteiger charge is 2.58. The first-order chi connectivity index (χ1) is 17.2. The van der Waals surface area contributed by atoms with Gasteiger partial charge in [0.15, 0.2) is 11.4 Å². The van der Waals surface area contributed by atoms with E-state index in [1.807, 2.05) is 0 Å². The van der Waals surface area contributed by atoms with Gasteiger partial charge in [0, 0.05) is 32.1 Å². The Morgan fingerprint density at radius 1 is 1.06 bits per heavy atom. The van der Waals surface area contributed by atoms with E-state index >= 15 is 0 Å². The average Bonchev–Trinajstić information content (AvgIpc) is 3.16. The highest BCUT2D eigenvalue weighted by molar-refractivity contribution is 5.85. The van der Waals surface area contributed by atoms with Crippen LogP contribution in [-0.4, -0.2) is 55.9 Å². The first kappa shape index (κ1) is 26.6. The summed E-state index contributed by atoms with van der Waals surface area (Å²) in [5.41, 5.74) is -0.192. The number of carbonyl (C=O) groups is 1. The fourth-order valence-corrected chi connectivity index (χ4v) is 4.75. The van der Waals surface area contributed by atoms with Crippen LogP contribution in [0.5, 0.6) is 0 Å². The molecule has 2 fully saturated rings. The summed E-state index contributed by atoms with van der Waals surface area (Å²) >= 11 is 0. The Bertz CT molecular complexity index is 1030. The Labute approximate surface area is 210 Å². The molecule has 0 radical (unpaired) electrons. The minimum Gasteiger partial charge on any atom is -0.383 e. The number of nitrogens with one attached hydrogen (secondary N) is 1. The molecule has 0 bridgehead atoms. The van der Waals surface area contributed by atoms with Crippen molar-refractivity contribution in [3.05, 3.63) is 71.3 Å². The molecule has 1 aliphatic heterocycles. The number of hydrogen-bond donors (Lipinski definition) is 1. The number of methoxy groups -OCH3 is 1. The summed E-state index contributed by atoms with van der Waals surface area (Å²) in [7, 11) is 1.55. The van der Waals surface area contributed by atoms with Crippen LogP contribution < -0.4 is 5.32 Å². The molecule has 9 heteroatoms. The van der Waals surface area contributed by atoms with Crippen molar-refractivity contribution < 1.29 is 37.3 Å². The maximum atomic E-state index is 14.3. The van der Waals surface area contributed by atoms with Crippen LogP contribution >= 0.6 is 0 Å². The van der Waals surface area contributed by atoms with Gasteiger partial charge in [-0.3, -0.25) is 4.79 Å². The third kappa shape index (κ3) is 6.27. The van der Waals surface area contributed by atoms with E-state index in [2.05, 4.69) is 5.32 Å². The van der Waals surface area contributed by atoms with Gasteiger partial charge in [-0.1, -0.05) is 30.3 Å². The Morgan fingerprint density at radius 3 is 2.53 bits per heavy atom. The molecule has 1 N–H and O–H groups in total. The maximum Gasteiger partial charge on any atom is 0.252 e.